The lowest BCUT2D eigenvalue weighted by Crippen LogP contribution is -2.37. The van der Waals surface area contributed by atoms with E-state index in [-0.39, 0.29) is 23.9 Å². The number of allylic oxidation sites excluding steroid dienone is 1. The van der Waals surface area contributed by atoms with Crippen molar-refractivity contribution in [3.63, 3.8) is 0 Å². The molecule has 3 rings (SSSR count). The Morgan fingerprint density at radius 2 is 1.86 bits per heavy atom. The van der Waals surface area contributed by atoms with Crippen molar-refractivity contribution in [2.24, 2.45) is 0 Å². The van der Waals surface area contributed by atoms with E-state index in [1.165, 1.54) is 36.4 Å². The fourth-order valence-electron chi connectivity index (χ4n) is 3.13. The topological polar surface area (TPSA) is 78.5 Å². The lowest BCUT2D eigenvalue weighted by Gasteiger charge is -2.31. The molecule has 3 amide bonds. The minimum atomic E-state index is -0.541. The van der Waals surface area contributed by atoms with Crippen molar-refractivity contribution in [3.05, 3.63) is 77.2 Å². The Morgan fingerprint density at radius 1 is 1.14 bits per heavy atom. The first-order valence-electron chi connectivity index (χ1n) is 8.78. The van der Waals surface area contributed by atoms with Gasteiger partial charge in [-0.3, -0.25) is 14.5 Å². The third kappa shape index (κ3) is 3.93. The summed E-state index contributed by atoms with van der Waals surface area (Å²) in [6.45, 7) is 1.74. The molecule has 0 bridgehead atoms. The Kier molecular flexibility index (Phi) is 5.54. The molecule has 0 aromatic heterocycles. The molecule has 1 unspecified atom stereocenters. The van der Waals surface area contributed by atoms with Crippen molar-refractivity contribution in [1.82, 2.24) is 10.2 Å². The molecule has 1 aliphatic heterocycles. The van der Waals surface area contributed by atoms with Crippen molar-refractivity contribution in [1.29, 1.82) is 0 Å². The van der Waals surface area contributed by atoms with E-state index < -0.39 is 12.1 Å². The highest BCUT2D eigenvalue weighted by molar-refractivity contribution is 6.00. The van der Waals surface area contributed by atoms with Gasteiger partial charge in [0, 0.05) is 30.9 Å². The van der Waals surface area contributed by atoms with Crippen molar-refractivity contribution in [2.45, 2.75) is 19.4 Å². The van der Waals surface area contributed by atoms with Crippen LogP contribution in [0.15, 0.2) is 54.7 Å². The van der Waals surface area contributed by atoms with E-state index in [2.05, 4.69) is 10.6 Å². The maximum Gasteiger partial charge on any atom is 0.326 e. The zero-order chi connectivity index (χ0) is 20.3. The van der Waals surface area contributed by atoms with E-state index in [4.69, 9.17) is 0 Å². The van der Waals surface area contributed by atoms with Crippen LogP contribution in [0.25, 0.3) is 0 Å². The second-order valence-electron chi connectivity index (χ2n) is 6.45. The molecule has 0 radical (unpaired) electrons. The van der Waals surface area contributed by atoms with Crippen LogP contribution < -0.4 is 10.6 Å². The van der Waals surface area contributed by atoms with E-state index in [0.717, 1.165) is 0 Å². The van der Waals surface area contributed by atoms with Crippen LogP contribution in [0.2, 0.25) is 0 Å². The first-order valence-corrected chi connectivity index (χ1v) is 8.78. The molecule has 144 valence electrons. The summed E-state index contributed by atoms with van der Waals surface area (Å²) in [6, 6.07) is 9.77. The molecule has 0 saturated heterocycles. The van der Waals surface area contributed by atoms with Crippen LogP contribution in [0.5, 0.6) is 0 Å². The van der Waals surface area contributed by atoms with Gasteiger partial charge in [0.1, 0.15) is 5.82 Å². The third-order valence-corrected chi connectivity index (χ3v) is 4.69. The number of rotatable bonds is 3. The Bertz CT molecular complexity index is 954. The van der Waals surface area contributed by atoms with Crippen molar-refractivity contribution >= 4 is 23.4 Å². The van der Waals surface area contributed by atoms with Gasteiger partial charge in [0.15, 0.2) is 5.78 Å². The summed E-state index contributed by atoms with van der Waals surface area (Å²) in [5.41, 5.74) is 2.24. The lowest BCUT2D eigenvalue weighted by atomic mass is 9.97. The number of hydrogen-bond donors (Lipinski definition) is 2. The van der Waals surface area contributed by atoms with E-state index in [1.54, 1.807) is 37.3 Å². The molecule has 1 aliphatic rings. The van der Waals surface area contributed by atoms with Crippen LogP contribution >= 0.6 is 0 Å². The molecule has 28 heavy (non-hydrogen) atoms. The van der Waals surface area contributed by atoms with Gasteiger partial charge in [-0.15, -0.1) is 0 Å². The second kappa shape index (κ2) is 8.04. The molecule has 6 nitrogen and oxygen atoms in total. The third-order valence-electron chi connectivity index (χ3n) is 4.69. The largest absolute Gasteiger partial charge is 0.355 e. The normalized spacial score (nSPS) is 16.0. The SMILES string of the molecule is CNC(=O)c1cccc(NC(=O)N2C=CC(=O)CC2c2ccc(F)cc2)c1C. The smallest absolute Gasteiger partial charge is 0.326 e. The number of ketones is 1. The standard InChI is InChI=1S/C21H20FN3O3/c1-13-17(20(27)23-2)4-3-5-18(13)24-21(28)25-11-10-16(26)12-19(25)14-6-8-15(22)9-7-14/h3-11,19H,12H2,1-2H3,(H,23,27)(H,24,28). The maximum absolute atomic E-state index is 13.2. The van der Waals surface area contributed by atoms with Gasteiger partial charge in [-0.25, -0.2) is 9.18 Å². The molecule has 7 heteroatoms. The number of carbonyl (C=O) groups is 3. The van der Waals surface area contributed by atoms with E-state index in [0.29, 0.717) is 22.4 Å². The van der Waals surface area contributed by atoms with Crippen LogP contribution in [0.3, 0.4) is 0 Å². The number of amides is 3. The molecule has 2 aromatic rings. The summed E-state index contributed by atoms with van der Waals surface area (Å²) in [6.07, 6.45) is 2.87. The van der Waals surface area contributed by atoms with E-state index >= 15 is 0 Å². The van der Waals surface area contributed by atoms with Crippen LogP contribution in [0, 0.1) is 12.7 Å². The second-order valence-corrected chi connectivity index (χ2v) is 6.45. The number of carbonyl (C=O) groups excluding carboxylic acids is 3. The highest BCUT2D eigenvalue weighted by Gasteiger charge is 2.29. The van der Waals surface area contributed by atoms with Gasteiger partial charge in [-0.05, 0) is 48.4 Å². The van der Waals surface area contributed by atoms with Crippen LogP contribution in [0.4, 0.5) is 14.9 Å². The maximum atomic E-state index is 13.2. The summed E-state index contributed by atoms with van der Waals surface area (Å²) in [4.78, 5) is 38.2. The zero-order valence-corrected chi connectivity index (χ0v) is 15.5. The van der Waals surface area contributed by atoms with Gasteiger partial charge in [-0.2, -0.15) is 0 Å². The molecule has 0 saturated carbocycles. The highest BCUT2D eigenvalue weighted by atomic mass is 19.1. The zero-order valence-electron chi connectivity index (χ0n) is 15.5. The van der Waals surface area contributed by atoms with Gasteiger partial charge in [-0.1, -0.05) is 18.2 Å². The van der Waals surface area contributed by atoms with Gasteiger partial charge < -0.3 is 10.6 Å². The lowest BCUT2D eigenvalue weighted by molar-refractivity contribution is -0.116. The fraction of sp³-hybridized carbons (Fsp3) is 0.190. The molecule has 0 fully saturated rings. The number of hydrogen-bond acceptors (Lipinski definition) is 3. The minimum Gasteiger partial charge on any atom is -0.355 e. The van der Waals surface area contributed by atoms with Crippen LogP contribution in [-0.4, -0.2) is 29.7 Å². The van der Waals surface area contributed by atoms with Gasteiger partial charge >= 0.3 is 6.03 Å². The van der Waals surface area contributed by atoms with E-state index in [1.807, 2.05) is 0 Å². The molecule has 0 spiro atoms. The average molecular weight is 381 g/mol. The first-order chi connectivity index (χ1) is 13.4. The Morgan fingerprint density at radius 3 is 2.54 bits per heavy atom. The van der Waals surface area contributed by atoms with E-state index in [9.17, 15) is 18.8 Å². The number of benzene rings is 2. The quantitative estimate of drug-likeness (QED) is 0.853. The summed E-state index contributed by atoms with van der Waals surface area (Å²) >= 11 is 0. The van der Waals surface area contributed by atoms with Crippen LogP contribution in [0.1, 0.15) is 33.9 Å². The molecule has 1 atom stereocenters. The first kappa shape index (κ1) is 19.3. The predicted octanol–water partition coefficient (Wildman–Crippen LogP) is 3.56. The highest BCUT2D eigenvalue weighted by Crippen LogP contribution is 2.30. The number of nitrogens with zero attached hydrogens (tertiary/aromatic N) is 1. The number of anilines is 1. The summed E-state index contributed by atoms with van der Waals surface area (Å²) in [5.74, 6) is -0.753. The van der Waals surface area contributed by atoms with Gasteiger partial charge in [0.25, 0.3) is 5.91 Å². The Hall–Kier alpha value is -3.48. The van der Waals surface area contributed by atoms with Crippen LogP contribution in [-0.2, 0) is 4.79 Å². The van der Waals surface area contributed by atoms with Gasteiger partial charge in [0.05, 0.1) is 6.04 Å². The molecule has 1 heterocycles. The Balaban J connectivity index is 1.88. The fourth-order valence-corrected chi connectivity index (χ4v) is 3.13. The number of urea groups is 1. The van der Waals surface area contributed by atoms with Crippen molar-refractivity contribution < 1.29 is 18.8 Å². The molecule has 2 aromatic carbocycles. The predicted molar refractivity (Wildman–Crippen MR) is 103 cm³/mol. The summed E-state index contributed by atoms with van der Waals surface area (Å²) in [7, 11) is 1.54. The Labute approximate surface area is 162 Å². The number of halogens is 1. The molecular formula is C21H20FN3O3. The average Bonchev–Trinajstić information content (AvgIpc) is 2.69. The molecular weight excluding hydrogens is 361 g/mol. The monoisotopic (exact) mass is 381 g/mol. The molecule has 0 aliphatic carbocycles. The molecule has 2 N–H and O–H groups in total. The minimum absolute atomic E-state index is 0.104. The summed E-state index contributed by atoms with van der Waals surface area (Å²) in [5, 5.41) is 5.36. The van der Waals surface area contributed by atoms with Crippen molar-refractivity contribution in [2.75, 3.05) is 12.4 Å². The number of nitrogens with one attached hydrogen (secondary N) is 2. The summed E-state index contributed by atoms with van der Waals surface area (Å²) < 4.78 is 13.2. The van der Waals surface area contributed by atoms with Crippen molar-refractivity contribution in [3.8, 4) is 0 Å². The van der Waals surface area contributed by atoms with Gasteiger partial charge in [0.2, 0.25) is 0 Å².